The van der Waals surface area contributed by atoms with E-state index in [-0.39, 0.29) is 5.69 Å². The van der Waals surface area contributed by atoms with Gasteiger partial charge in [-0.3, -0.25) is 14.9 Å². The number of rotatable bonds is 7. The van der Waals surface area contributed by atoms with Gasteiger partial charge in [0.1, 0.15) is 0 Å². The summed E-state index contributed by atoms with van der Waals surface area (Å²) in [6, 6.07) is 13.3. The summed E-state index contributed by atoms with van der Waals surface area (Å²) in [5.41, 5.74) is 2.17. The maximum absolute atomic E-state index is 12.2. The highest BCUT2D eigenvalue weighted by atomic mass is 16.6. The molecule has 0 saturated heterocycles. The summed E-state index contributed by atoms with van der Waals surface area (Å²) in [5.74, 6) is -0.777. The summed E-state index contributed by atoms with van der Waals surface area (Å²) >= 11 is 0. The van der Waals surface area contributed by atoms with Crippen molar-refractivity contribution in [1.29, 1.82) is 0 Å². The van der Waals surface area contributed by atoms with Crippen molar-refractivity contribution in [1.82, 2.24) is 0 Å². The first-order chi connectivity index (χ1) is 13.3. The average Bonchev–Trinajstić information content (AvgIpc) is 2.67. The highest BCUT2D eigenvalue weighted by Gasteiger charge is 2.17. The first kappa shape index (κ1) is 20.8. The van der Waals surface area contributed by atoms with Gasteiger partial charge in [-0.15, -0.1) is 0 Å². The zero-order chi connectivity index (χ0) is 20.7. The molecule has 2 aromatic carbocycles. The van der Waals surface area contributed by atoms with Crippen molar-refractivity contribution in [3.8, 4) is 0 Å². The number of carbonyl (C=O) groups excluding carboxylic acids is 2. The van der Waals surface area contributed by atoms with Crippen molar-refractivity contribution < 1.29 is 19.2 Å². The number of anilines is 1. The third-order valence-corrected chi connectivity index (χ3v) is 4.00. The van der Waals surface area contributed by atoms with E-state index in [0.29, 0.717) is 17.2 Å². The van der Waals surface area contributed by atoms with E-state index in [0.717, 1.165) is 11.6 Å². The number of carbonyl (C=O) groups is 2. The smallest absolute Gasteiger partial charge is 0.331 e. The van der Waals surface area contributed by atoms with Crippen LogP contribution in [-0.4, -0.2) is 22.9 Å². The van der Waals surface area contributed by atoms with Gasteiger partial charge in [-0.1, -0.05) is 38.1 Å². The molecule has 1 atom stereocenters. The standard InChI is InChI=1S/C21H22N2O5/c1-14(2)17-8-10-18(11-9-17)22-21(25)15(3)28-20(24)12-7-16-5-4-6-19(13-16)23(26)27/h4-15H,1-3H3,(H,22,25)/b12-7+/t15-/m0/s1. The first-order valence-corrected chi connectivity index (χ1v) is 8.80. The van der Waals surface area contributed by atoms with Gasteiger partial charge >= 0.3 is 5.97 Å². The van der Waals surface area contributed by atoms with Crippen molar-refractivity contribution >= 4 is 29.3 Å². The summed E-state index contributed by atoms with van der Waals surface area (Å²) in [5, 5.41) is 13.5. The topological polar surface area (TPSA) is 98.5 Å². The number of ether oxygens (including phenoxy) is 1. The Morgan fingerprint density at radius 2 is 1.79 bits per heavy atom. The van der Waals surface area contributed by atoms with Crippen LogP contribution < -0.4 is 5.32 Å². The Morgan fingerprint density at radius 3 is 2.39 bits per heavy atom. The van der Waals surface area contributed by atoms with Crippen LogP contribution in [0.3, 0.4) is 0 Å². The molecule has 2 rings (SSSR count). The Hall–Kier alpha value is -3.48. The molecule has 0 heterocycles. The molecule has 0 saturated carbocycles. The Labute approximate surface area is 163 Å². The van der Waals surface area contributed by atoms with E-state index in [1.807, 2.05) is 12.1 Å². The number of hydrogen-bond donors (Lipinski definition) is 1. The van der Waals surface area contributed by atoms with Gasteiger partial charge in [-0.05, 0) is 42.2 Å². The Bertz CT molecular complexity index is 888. The van der Waals surface area contributed by atoms with Gasteiger partial charge in [-0.25, -0.2) is 4.79 Å². The molecule has 0 radical (unpaired) electrons. The van der Waals surface area contributed by atoms with E-state index in [4.69, 9.17) is 4.74 Å². The highest BCUT2D eigenvalue weighted by molar-refractivity contribution is 5.96. The average molecular weight is 382 g/mol. The van der Waals surface area contributed by atoms with E-state index in [1.165, 1.54) is 31.2 Å². The maximum Gasteiger partial charge on any atom is 0.331 e. The lowest BCUT2D eigenvalue weighted by atomic mass is 10.0. The second-order valence-electron chi connectivity index (χ2n) is 6.53. The van der Waals surface area contributed by atoms with Crippen LogP contribution in [0.2, 0.25) is 0 Å². The molecule has 0 aliphatic rings. The van der Waals surface area contributed by atoms with Crippen LogP contribution >= 0.6 is 0 Å². The molecule has 7 nitrogen and oxygen atoms in total. The Morgan fingerprint density at radius 1 is 1.11 bits per heavy atom. The fourth-order valence-electron chi connectivity index (χ4n) is 2.37. The Kier molecular flexibility index (Phi) is 7.03. The molecule has 0 unspecified atom stereocenters. The maximum atomic E-state index is 12.2. The van der Waals surface area contributed by atoms with E-state index in [2.05, 4.69) is 19.2 Å². The molecule has 0 bridgehead atoms. The molecule has 0 aromatic heterocycles. The summed E-state index contributed by atoms with van der Waals surface area (Å²) in [7, 11) is 0. The van der Waals surface area contributed by atoms with Gasteiger partial charge in [0.15, 0.2) is 6.10 Å². The monoisotopic (exact) mass is 382 g/mol. The molecule has 1 N–H and O–H groups in total. The first-order valence-electron chi connectivity index (χ1n) is 8.80. The number of benzene rings is 2. The van der Waals surface area contributed by atoms with Crippen molar-refractivity contribution in [2.45, 2.75) is 32.8 Å². The minimum absolute atomic E-state index is 0.0771. The van der Waals surface area contributed by atoms with E-state index in [1.54, 1.807) is 18.2 Å². The molecule has 0 aliphatic heterocycles. The van der Waals surface area contributed by atoms with Crippen molar-refractivity contribution in [3.63, 3.8) is 0 Å². The minimum Gasteiger partial charge on any atom is -0.449 e. The predicted molar refractivity (Wildman–Crippen MR) is 107 cm³/mol. The zero-order valence-electron chi connectivity index (χ0n) is 15.9. The van der Waals surface area contributed by atoms with Crippen LogP contribution in [0.1, 0.15) is 37.8 Å². The van der Waals surface area contributed by atoms with Crippen molar-refractivity contribution in [2.24, 2.45) is 0 Å². The number of nitrogens with one attached hydrogen (secondary N) is 1. The number of amides is 1. The summed E-state index contributed by atoms with van der Waals surface area (Å²) in [6.07, 6.45) is 1.53. The van der Waals surface area contributed by atoms with Gasteiger partial charge in [-0.2, -0.15) is 0 Å². The third kappa shape index (κ3) is 6.05. The van der Waals surface area contributed by atoms with Gasteiger partial charge in [0.05, 0.1) is 4.92 Å². The third-order valence-electron chi connectivity index (χ3n) is 4.00. The number of nitrogens with zero attached hydrogens (tertiary/aromatic N) is 1. The second kappa shape index (κ2) is 9.45. The fourth-order valence-corrected chi connectivity index (χ4v) is 2.37. The van der Waals surface area contributed by atoms with Crippen LogP contribution in [0.15, 0.2) is 54.6 Å². The molecule has 0 fully saturated rings. The molecule has 2 aromatic rings. The van der Waals surface area contributed by atoms with E-state index < -0.39 is 22.9 Å². The van der Waals surface area contributed by atoms with Gasteiger partial charge in [0, 0.05) is 23.9 Å². The summed E-state index contributed by atoms with van der Waals surface area (Å²) < 4.78 is 5.07. The SMILES string of the molecule is CC(C)c1ccc(NC(=O)[C@H](C)OC(=O)/C=C/c2cccc([N+](=O)[O-])c2)cc1. The molecule has 146 valence electrons. The van der Waals surface area contributed by atoms with Crippen LogP contribution in [0.5, 0.6) is 0 Å². The predicted octanol–water partition coefficient (Wildman–Crippen LogP) is 4.30. The zero-order valence-corrected chi connectivity index (χ0v) is 15.9. The molecule has 28 heavy (non-hydrogen) atoms. The number of esters is 1. The van der Waals surface area contributed by atoms with Crippen LogP contribution in [-0.2, 0) is 14.3 Å². The molecule has 0 aliphatic carbocycles. The van der Waals surface area contributed by atoms with Gasteiger partial charge in [0.25, 0.3) is 11.6 Å². The molecule has 1 amide bonds. The van der Waals surface area contributed by atoms with Crippen molar-refractivity contribution in [3.05, 3.63) is 75.8 Å². The van der Waals surface area contributed by atoms with Crippen molar-refractivity contribution in [2.75, 3.05) is 5.32 Å². The molecule has 7 heteroatoms. The van der Waals surface area contributed by atoms with Gasteiger partial charge < -0.3 is 10.1 Å². The summed E-state index contributed by atoms with van der Waals surface area (Å²) in [4.78, 5) is 34.3. The summed E-state index contributed by atoms with van der Waals surface area (Å²) in [6.45, 7) is 5.63. The number of hydrogen-bond acceptors (Lipinski definition) is 5. The second-order valence-corrected chi connectivity index (χ2v) is 6.53. The van der Waals surface area contributed by atoms with Gasteiger partial charge in [0.2, 0.25) is 0 Å². The molecular formula is C21H22N2O5. The lowest BCUT2D eigenvalue weighted by molar-refractivity contribution is -0.384. The number of nitro groups is 1. The van der Waals surface area contributed by atoms with Crippen LogP contribution in [0.4, 0.5) is 11.4 Å². The quantitative estimate of drug-likeness (QED) is 0.333. The normalized spacial score (nSPS) is 12.0. The van der Waals surface area contributed by atoms with Crippen LogP contribution in [0.25, 0.3) is 6.08 Å². The van der Waals surface area contributed by atoms with E-state index >= 15 is 0 Å². The molecular weight excluding hydrogens is 360 g/mol. The van der Waals surface area contributed by atoms with E-state index in [9.17, 15) is 19.7 Å². The lowest BCUT2D eigenvalue weighted by Gasteiger charge is -2.13. The largest absolute Gasteiger partial charge is 0.449 e. The minimum atomic E-state index is -0.993. The Balaban J connectivity index is 1.91. The van der Waals surface area contributed by atoms with Crippen LogP contribution in [0, 0.1) is 10.1 Å². The fraction of sp³-hybridized carbons (Fsp3) is 0.238. The molecule has 0 spiro atoms. The lowest BCUT2D eigenvalue weighted by Crippen LogP contribution is -2.29. The number of non-ortho nitro benzene ring substituents is 1. The number of nitro benzene ring substituents is 1. The highest BCUT2D eigenvalue weighted by Crippen LogP contribution is 2.17.